The molecule has 0 aliphatic carbocycles. The van der Waals surface area contributed by atoms with Crippen molar-refractivity contribution in [3.63, 3.8) is 0 Å². The van der Waals surface area contributed by atoms with Crippen LogP contribution in [0.1, 0.15) is 29.0 Å². The maximum atomic E-state index is 12.2. The molecule has 1 fully saturated rings. The van der Waals surface area contributed by atoms with Crippen molar-refractivity contribution >= 4 is 11.9 Å². The molecule has 0 radical (unpaired) electrons. The van der Waals surface area contributed by atoms with Gasteiger partial charge in [0.2, 0.25) is 5.95 Å². The van der Waals surface area contributed by atoms with E-state index in [-0.39, 0.29) is 11.9 Å². The van der Waals surface area contributed by atoms with E-state index in [9.17, 15) is 4.79 Å². The van der Waals surface area contributed by atoms with Crippen LogP contribution in [0.2, 0.25) is 0 Å². The number of aromatic nitrogens is 5. The summed E-state index contributed by atoms with van der Waals surface area (Å²) in [6.07, 6.45) is 5.37. The summed E-state index contributed by atoms with van der Waals surface area (Å²) in [5, 5.41) is 13.2. The molecule has 2 aromatic rings. The second kappa shape index (κ2) is 5.86. The summed E-state index contributed by atoms with van der Waals surface area (Å²) in [6.45, 7) is 3.36. The molecule has 0 bridgehead atoms. The first kappa shape index (κ1) is 13.5. The Hall–Kier alpha value is -2.51. The van der Waals surface area contributed by atoms with Crippen molar-refractivity contribution in [3.05, 3.63) is 29.8 Å². The summed E-state index contributed by atoms with van der Waals surface area (Å²) in [5.74, 6) is 0.510. The monoisotopic (exact) mass is 287 g/mol. The molecule has 2 aromatic heterocycles. The zero-order valence-electron chi connectivity index (χ0n) is 11.8. The van der Waals surface area contributed by atoms with Gasteiger partial charge in [0.1, 0.15) is 0 Å². The number of amides is 1. The van der Waals surface area contributed by atoms with Gasteiger partial charge in [-0.2, -0.15) is 15.4 Å². The molecule has 3 heterocycles. The number of piperidine rings is 1. The molecule has 110 valence electrons. The highest BCUT2D eigenvalue weighted by Crippen LogP contribution is 2.15. The van der Waals surface area contributed by atoms with Crippen molar-refractivity contribution in [2.24, 2.45) is 0 Å². The van der Waals surface area contributed by atoms with Crippen LogP contribution >= 0.6 is 0 Å². The van der Waals surface area contributed by atoms with Gasteiger partial charge in [0.15, 0.2) is 5.69 Å². The summed E-state index contributed by atoms with van der Waals surface area (Å²) in [7, 11) is 0. The highest BCUT2D eigenvalue weighted by Gasteiger charge is 2.24. The topological polar surface area (TPSA) is 99.7 Å². The SMILES string of the molecule is Cc1n[nH]nc1C(=O)N[C@H]1CCCN(c2ncccn2)C1. The lowest BCUT2D eigenvalue weighted by Crippen LogP contribution is -2.48. The number of hydrogen-bond donors (Lipinski definition) is 2. The van der Waals surface area contributed by atoms with E-state index in [1.807, 2.05) is 0 Å². The minimum atomic E-state index is -0.193. The molecule has 1 saturated heterocycles. The first-order valence-corrected chi connectivity index (χ1v) is 6.94. The Bertz CT molecular complexity index is 612. The molecule has 21 heavy (non-hydrogen) atoms. The van der Waals surface area contributed by atoms with E-state index in [4.69, 9.17) is 0 Å². The number of aryl methyl sites for hydroxylation is 1. The molecule has 8 heteroatoms. The fourth-order valence-corrected chi connectivity index (χ4v) is 2.48. The minimum Gasteiger partial charge on any atom is -0.346 e. The van der Waals surface area contributed by atoms with Crippen LogP contribution in [0.25, 0.3) is 0 Å². The van der Waals surface area contributed by atoms with E-state index in [0.717, 1.165) is 19.4 Å². The van der Waals surface area contributed by atoms with Crippen LogP contribution in [-0.2, 0) is 0 Å². The first-order chi connectivity index (χ1) is 10.2. The van der Waals surface area contributed by atoms with E-state index in [1.165, 1.54) is 0 Å². The molecule has 0 aromatic carbocycles. The standard InChI is InChI=1S/C13H17N7O/c1-9-11(18-19-17-9)12(21)16-10-4-2-7-20(8-10)13-14-5-3-6-15-13/h3,5-6,10H,2,4,7-8H2,1H3,(H,16,21)(H,17,18,19)/t10-/m0/s1. The average Bonchev–Trinajstić information content (AvgIpc) is 2.95. The maximum absolute atomic E-state index is 12.2. The molecule has 8 nitrogen and oxygen atoms in total. The van der Waals surface area contributed by atoms with Gasteiger partial charge in [0.05, 0.1) is 5.69 Å². The van der Waals surface area contributed by atoms with Gasteiger partial charge in [0.25, 0.3) is 5.91 Å². The number of carbonyl (C=O) groups is 1. The average molecular weight is 287 g/mol. The third-order valence-electron chi connectivity index (χ3n) is 3.53. The molecule has 1 atom stereocenters. The largest absolute Gasteiger partial charge is 0.346 e. The van der Waals surface area contributed by atoms with Crippen LogP contribution in [0.15, 0.2) is 18.5 Å². The second-order valence-electron chi connectivity index (χ2n) is 5.07. The molecule has 1 aliphatic heterocycles. The Labute approximate surface area is 122 Å². The van der Waals surface area contributed by atoms with E-state index >= 15 is 0 Å². The fourth-order valence-electron chi connectivity index (χ4n) is 2.48. The highest BCUT2D eigenvalue weighted by molar-refractivity contribution is 5.93. The third-order valence-corrected chi connectivity index (χ3v) is 3.53. The van der Waals surface area contributed by atoms with E-state index in [2.05, 4.69) is 35.6 Å². The van der Waals surface area contributed by atoms with E-state index in [1.54, 1.807) is 25.4 Å². The van der Waals surface area contributed by atoms with Crippen molar-refractivity contribution in [3.8, 4) is 0 Å². The van der Waals surface area contributed by atoms with Crippen LogP contribution in [0, 0.1) is 6.92 Å². The van der Waals surface area contributed by atoms with Gasteiger partial charge in [0, 0.05) is 31.5 Å². The number of anilines is 1. The van der Waals surface area contributed by atoms with Crippen LogP contribution in [0.4, 0.5) is 5.95 Å². The Morgan fingerprint density at radius 1 is 1.38 bits per heavy atom. The summed E-state index contributed by atoms with van der Waals surface area (Å²) in [5.41, 5.74) is 0.953. The molecule has 3 rings (SSSR count). The van der Waals surface area contributed by atoms with Gasteiger partial charge >= 0.3 is 0 Å². The van der Waals surface area contributed by atoms with Crippen LogP contribution in [0.5, 0.6) is 0 Å². The van der Waals surface area contributed by atoms with Crippen LogP contribution in [0.3, 0.4) is 0 Å². The summed E-state index contributed by atoms with van der Waals surface area (Å²) in [4.78, 5) is 22.8. The van der Waals surface area contributed by atoms with Gasteiger partial charge in [-0.05, 0) is 25.8 Å². The molecule has 0 spiro atoms. The predicted octanol–water partition coefficient (Wildman–Crippen LogP) is 0.302. The number of nitrogens with zero attached hydrogens (tertiary/aromatic N) is 5. The van der Waals surface area contributed by atoms with Crippen molar-refractivity contribution in [2.45, 2.75) is 25.8 Å². The maximum Gasteiger partial charge on any atom is 0.274 e. The lowest BCUT2D eigenvalue weighted by Gasteiger charge is -2.32. The number of hydrogen-bond acceptors (Lipinski definition) is 6. The molecular weight excluding hydrogens is 270 g/mol. The number of carbonyl (C=O) groups excluding carboxylic acids is 1. The Morgan fingerprint density at radius 2 is 2.19 bits per heavy atom. The lowest BCUT2D eigenvalue weighted by molar-refractivity contribution is 0.0927. The molecule has 0 unspecified atom stereocenters. The van der Waals surface area contributed by atoms with Crippen LogP contribution < -0.4 is 10.2 Å². The van der Waals surface area contributed by atoms with E-state index in [0.29, 0.717) is 23.9 Å². The molecule has 2 N–H and O–H groups in total. The number of nitrogens with one attached hydrogen (secondary N) is 2. The smallest absolute Gasteiger partial charge is 0.274 e. The molecular formula is C13H17N7O. The first-order valence-electron chi connectivity index (χ1n) is 6.94. The molecule has 1 amide bonds. The predicted molar refractivity (Wildman–Crippen MR) is 75.9 cm³/mol. The Kier molecular flexibility index (Phi) is 3.76. The Balaban J connectivity index is 1.64. The van der Waals surface area contributed by atoms with E-state index < -0.39 is 0 Å². The van der Waals surface area contributed by atoms with Gasteiger partial charge in [-0.1, -0.05) is 0 Å². The zero-order chi connectivity index (χ0) is 14.7. The van der Waals surface area contributed by atoms with Crippen molar-refractivity contribution < 1.29 is 4.79 Å². The second-order valence-corrected chi connectivity index (χ2v) is 5.07. The van der Waals surface area contributed by atoms with Gasteiger partial charge in [-0.15, -0.1) is 0 Å². The highest BCUT2D eigenvalue weighted by atomic mass is 16.2. The number of H-pyrrole nitrogens is 1. The quantitative estimate of drug-likeness (QED) is 0.842. The molecule has 0 saturated carbocycles. The normalized spacial score (nSPS) is 18.5. The van der Waals surface area contributed by atoms with Gasteiger partial charge in [-0.25, -0.2) is 9.97 Å². The number of aromatic amines is 1. The zero-order valence-corrected chi connectivity index (χ0v) is 11.8. The van der Waals surface area contributed by atoms with Gasteiger partial charge < -0.3 is 10.2 Å². The Morgan fingerprint density at radius 3 is 2.90 bits per heavy atom. The molecule has 1 aliphatic rings. The summed E-state index contributed by atoms with van der Waals surface area (Å²) in [6, 6.07) is 1.85. The third kappa shape index (κ3) is 2.99. The summed E-state index contributed by atoms with van der Waals surface area (Å²) >= 11 is 0. The minimum absolute atomic E-state index is 0.0613. The van der Waals surface area contributed by atoms with Gasteiger partial charge in [-0.3, -0.25) is 4.79 Å². The van der Waals surface area contributed by atoms with Crippen molar-refractivity contribution in [2.75, 3.05) is 18.0 Å². The number of rotatable bonds is 3. The van der Waals surface area contributed by atoms with Crippen LogP contribution in [-0.4, -0.2) is 50.4 Å². The lowest BCUT2D eigenvalue weighted by atomic mass is 10.1. The fraction of sp³-hybridized carbons (Fsp3) is 0.462. The van der Waals surface area contributed by atoms with Crippen molar-refractivity contribution in [1.82, 2.24) is 30.7 Å². The summed E-state index contributed by atoms with van der Waals surface area (Å²) < 4.78 is 0. The van der Waals surface area contributed by atoms with Crippen molar-refractivity contribution in [1.29, 1.82) is 0 Å².